The van der Waals surface area contributed by atoms with Crippen molar-refractivity contribution in [3.63, 3.8) is 0 Å². The molecule has 0 unspecified atom stereocenters. The first kappa shape index (κ1) is 15.5. The highest BCUT2D eigenvalue weighted by Crippen LogP contribution is 2.43. The van der Waals surface area contributed by atoms with Crippen molar-refractivity contribution < 1.29 is 0 Å². The van der Waals surface area contributed by atoms with Crippen LogP contribution in [0.2, 0.25) is 5.02 Å². The molecule has 4 aromatic rings. The largest absolute Gasteiger partial charge is 0.375 e. The van der Waals surface area contributed by atoms with E-state index in [2.05, 4.69) is 9.97 Å². The molecule has 1 aliphatic rings. The maximum atomic E-state index is 6.48. The van der Waals surface area contributed by atoms with Gasteiger partial charge in [0.1, 0.15) is 0 Å². The quantitative estimate of drug-likeness (QED) is 0.560. The highest BCUT2D eigenvalue weighted by molar-refractivity contribution is 7.18. The van der Waals surface area contributed by atoms with E-state index in [-0.39, 0.29) is 0 Å². The zero-order valence-corrected chi connectivity index (χ0v) is 15.3. The lowest BCUT2D eigenvalue weighted by molar-refractivity contribution is 0.873. The zero-order chi connectivity index (χ0) is 17.7. The number of aryl methyl sites for hydroxylation is 1. The van der Waals surface area contributed by atoms with E-state index < -0.39 is 0 Å². The highest BCUT2D eigenvalue weighted by atomic mass is 35.5. The third-order valence-electron chi connectivity index (χ3n) is 4.54. The molecule has 5 nitrogen and oxygen atoms in total. The molecule has 0 atom stereocenters. The van der Waals surface area contributed by atoms with Gasteiger partial charge in [-0.15, -0.1) is 0 Å². The van der Waals surface area contributed by atoms with Gasteiger partial charge in [0.25, 0.3) is 0 Å². The van der Waals surface area contributed by atoms with Crippen LogP contribution in [0, 0.1) is 0 Å². The Morgan fingerprint density at radius 1 is 1.12 bits per heavy atom. The van der Waals surface area contributed by atoms with E-state index in [0.717, 1.165) is 46.1 Å². The molecule has 5 rings (SSSR count). The Kier molecular flexibility index (Phi) is 3.55. The summed E-state index contributed by atoms with van der Waals surface area (Å²) in [6.07, 6.45) is 5.33. The minimum absolute atomic E-state index is 0.581. The fraction of sp³-hybridized carbons (Fsp3) is 0.105. The second-order valence-corrected chi connectivity index (χ2v) is 7.55. The van der Waals surface area contributed by atoms with E-state index in [1.165, 1.54) is 16.9 Å². The Hall–Kier alpha value is -2.70. The van der Waals surface area contributed by atoms with E-state index in [1.807, 2.05) is 47.3 Å². The normalized spacial score (nSPS) is 12.7. The molecule has 7 heteroatoms. The second-order valence-electron chi connectivity index (χ2n) is 6.11. The van der Waals surface area contributed by atoms with E-state index >= 15 is 0 Å². The number of aromatic nitrogens is 4. The molecule has 0 radical (unpaired) electrons. The molecule has 0 bridgehead atoms. The van der Waals surface area contributed by atoms with Crippen molar-refractivity contribution in [3.8, 4) is 27.5 Å². The molecule has 0 aliphatic heterocycles. The average Bonchev–Trinajstić information content (AvgIpc) is 3.22. The van der Waals surface area contributed by atoms with Crippen molar-refractivity contribution in [1.82, 2.24) is 19.7 Å². The fourth-order valence-electron chi connectivity index (χ4n) is 3.42. The van der Waals surface area contributed by atoms with Crippen LogP contribution in [0.5, 0.6) is 0 Å². The predicted molar refractivity (Wildman–Crippen MR) is 105 cm³/mol. The SMILES string of the molecule is Nc1nc2c(s1)-c1c(c(-c3cccnc3)nn1-c1ccccc1Cl)CC2. The Bertz CT molecular complexity index is 1120. The number of para-hydroxylation sites is 1. The van der Waals surface area contributed by atoms with Gasteiger partial charge in [-0.1, -0.05) is 35.1 Å². The lowest BCUT2D eigenvalue weighted by atomic mass is 9.95. The van der Waals surface area contributed by atoms with E-state index in [0.29, 0.717) is 10.2 Å². The number of fused-ring (bicyclic) bond motifs is 3. The van der Waals surface area contributed by atoms with Crippen molar-refractivity contribution in [3.05, 3.63) is 65.1 Å². The summed E-state index contributed by atoms with van der Waals surface area (Å²) >= 11 is 7.98. The molecule has 26 heavy (non-hydrogen) atoms. The number of rotatable bonds is 2. The fourth-order valence-corrected chi connectivity index (χ4v) is 4.57. The molecule has 0 saturated carbocycles. The van der Waals surface area contributed by atoms with Gasteiger partial charge in [0, 0.05) is 23.5 Å². The van der Waals surface area contributed by atoms with Gasteiger partial charge in [-0.3, -0.25) is 4.98 Å². The number of anilines is 1. The molecule has 0 fully saturated rings. The van der Waals surface area contributed by atoms with Gasteiger partial charge in [-0.05, 0) is 37.1 Å². The minimum Gasteiger partial charge on any atom is -0.375 e. The van der Waals surface area contributed by atoms with Crippen molar-refractivity contribution in [1.29, 1.82) is 0 Å². The smallest absolute Gasteiger partial charge is 0.180 e. The third kappa shape index (κ3) is 2.34. The Balaban J connectivity index is 1.84. The van der Waals surface area contributed by atoms with Crippen LogP contribution in [-0.4, -0.2) is 19.7 Å². The topological polar surface area (TPSA) is 69.6 Å². The molecule has 1 aliphatic carbocycles. The molecule has 1 aromatic carbocycles. The van der Waals surface area contributed by atoms with Gasteiger partial charge >= 0.3 is 0 Å². The molecule has 0 saturated heterocycles. The second kappa shape index (κ2) is 5.93. The van der Waals surface area contributed by atoms with Crippen LogP contribution >= 0.6 is 22.9 Å². The van der Waals surface area contributed by atoms with Crippen LogP contribution < -0.4 is 5.73 Å². The molecular formula is C19H14ClN5S. The summed E-state index contributed by atoms with van der Waals surface area (Å²) in [6.45, 7) is 0. The predicted octanol–water partition coefficient (Wildman–Crippen LogP) is 4.39. The van der Waals surface area contributed by atoms with Gasteiger partial charge in [-0.2, -0.15) is 5.10 Å². The van der Waals surface area contributed by atoms with Gasteiger partial charge in [0.15, 0.2) is 5.13 Å². The summed E-state index contributed by atoms with van der Waals surface area (Å²) < 4.78 is 1.93. The molecule has 0 amide bonds. The summed E-state index contributed by atoms with van der Waals surface area (Å²) in [4.78, 5) is 9.83. The van der Waals surface area contributed by atoms with Crippen molar-refractivity contribution in [2.45, 2.75) is 12.8 Å². The van der Waals surface area contributed by atoms with E-state index in [4.69, 9.17) is 22.4 Å². The van der Waals surface area contributed by atoms with Crippen LogP contribution in [0.1, 0.15) is 11.3 Å². The van der Waals surface area contributed by atoms with Crippen LogP contribution in [0.4, 0.5) is 5.13 Å². The summed E-state index contributed by atoms with van der Waals surface area (Å²) in [6, 6.07) is 11.7. The Morgan fingerprint density at radius 2 is 2.00 bits per heavy atom. The number of pyridine rings is 1. The number of nitrogens with two attached hydrogens (primary N) is 1. The van der Waals surface area contributed by atoms with Crippen LogP contribution in [0.15, 0.2) is 48.8 Å². The number of benzene rings is 1. The van der Waals surface area contributed by atoms with Gasteiger partial charge in [-0.25, -0.2) is 9.67 Å². The van der Waals surface area contributed by atoms with Gasteiger partial charge < -0.3 is 5.73 Å². The van der Waals surface area contributed by atoms with Crippen LogP contribution in [0.3, 0.4) is 0 Å². The van der Waals surface area contributed by atoms with E-state index in [1.54, 1.807) is 6.20 Å². The first-order chi connectivity index (χ1) is 12.7. The Labute approximate surface area is 159 Å². The molecule has 0 spiro atoms. The molecule has 128 valence electrons. The van der Waals surface area contributed by atoms with Crippen molar-refractivity contribution >= 4 is 28.1 Å². The number of halogens is 1. The maximum absolute atomic E-state index is 6.48. The number of nitrogens with zero attached hydrogens (tertiary/aromatic N) is 4. The molecule has 3 heterocycles. The molecular weight excluding hydrogens is 366 g/mol. The number of nitrogen functional groups attached to an aromatic ring is 1. The number of hydrogen-bond acceptors (Lipinski definition) is 5. The number of hydrogen-bond donors (Lipinski definition) is 1. The first-order valence-corrected chi connectivity index (χ1v) is 9.44. The lowest BCUT2D eigenvalue weighted by Crippen LogP contribution is -2.06. The number of thiazole rings is 1. The van der Waals surface area contributed by atoms with Crippen LogP contribution in [0.25, 0.3) is 27.5 Å². The maximum Gasteiger partial charge on any atom is 0.180 e. The summed E-state index contributed by atoms with van der Waals surface area (Å²) in [5, 5.41) is 6.17. The average molecular weight is 380 g/mol. The van der Waals surface area contributed by atoms with Crippen molar-refractivity contribution in [2.24, 2.45) is 0 Å². The minimum atomic E-state index is 0.581. The Morgan fingerprint density at radius 3 is 2.81 bits per heavy atom. The zero-order valence-electron chi connectivity index (χ0n) is 13.7. The first-order valence-electron chi connectivity index (χ1n) is 8.25. The van der Waals surface area contributed by atoms with Gasteiger partial charge in [0.05, 0.1) is 32.7 Å². The summed E-state index contributed by atoms with van der Waals surface area (Å²) in [7, 11) is 0. The van der Waals surface area contributed by atoms with E-state index in [9.17, 15) is 0 Å². The lowest BCUT2D eigenvalue weighted by Gasteiger charge is -2.14. The standard InChI is InChI=1S/C19H14ClN5S/c20-13-5-1-2-6-15(13)25-17-12(7-8-14-18(17)26-19(21)23-14)16(24-25)11-4-3-9-22-10-11/h1-6,9-10H,7-8H2,(H2,21,23). The third-order valence-corrected chi connectivity index (χ3v) is 5.79. The van der Waals surface area contributed by atoms with Crippen LogP contribution in [-0.2, 0) is 12.8 Å². The van der Waals surface area contributed by atoms with Crippen molar-refractivity contribution in [2.75, 3.05) is 5.73 Å². The molecule has 2 N–H and O–H groups in total. The van der Waals surface area contributed by atoms with Gasteiger partial charge in [0.2, 0.25) is 0 Å². The monoisotopic (exact) mass is 379 g/mol. The highest BCUT2D eigenvalue weighted by Gasteiger charge is 2.29. The molecule has 3 aromatic heterocycles. The summed E-state index contributed by atoms with van der Waals surface area (Å²) in [5.74, 6) is 0. The summed E-state index contributed by atoms with van der Waals surface area (Å²) in [5.41, 5.74) is 12.0.